The fraction of sp³-hybridized carbons (Fsp3) is 0.750. The van der Waals surface area contributed by atoms with Crippen LogP contribution in [0, 0.1) is 0 Å². The summed E-state index contributed by atoms with van der Waals surface area (Å²) in [5.41, 5.74) is 7.73. The molecule has 1 aromatic heterocycles. The van der Waals surface area contributed by atoms with Crippen LogP contribution >= 0.6 is 0 Å². The van der Waals surface area contributed by atoms with E-state index in [1.54, 1.807) is 0 Å². The Bertz CT molecular complexity index is 275. The lowest BCUT2D eigenvalue weighted by molar-refractivity contribution is 0.585. The van der Waals surface area contributed by atoms with E-state index < -0.39 is 0 Å². The summed E-state index contributed by atoms with van der Waals surface area (Å²) in [5, 5.41) is 8.16. The molecule has 12 heavy (non-hydrogen) atoms. The first kappa shape index (κ1) is 7.73. The average molecular weight is 166 g/mol. The van der Waals surface area contributed by atoms with Crippen molar-refractivity contribution in [1.82, 2.24) is 15.0 Å². The van der Waals surface area contributed by atoms with Crippen LogP contribution in [0.1, 0.15) is 37.2 Å². The van der Waals surface area contributed by atoms with E-state index in [9.17, 15) is 0 Å². The first-order valence-corrected chi connectivity index (χ1v) is 4.49. The predicted octanol–water partition coefficient (Wildman–Crippen LogP) is 0.634. The highest BCUT2D eigenvalue weighted by atomic mass is 15.5. The molecule has 1 heterocycles. The Kier molecular flexibility index (Phi) is 1.84. The van der Waals surface area contributed by atoms with Gasteiger partial charge in [-0.15, -0.1) is 5.10 Å². The van der Waals surface area contributed by atoms with Gasteiger partial charge in [0.15, 0.2) is 0 Å². The van der Waals surface area contributed by atoms with Gasteiger partial charge in [-0.2, -0.15) is 0 Å². The smallest absolute Gasteiger partial charge is 0.0994 e. The third-order valence-corrected chi connectivity index (χ3v) is 2.29. The minimum Gasteiger partial charge on any atom is -0.325 e. The molecule has 0 radical (unpaired) electrons. The van der Waals surface area contributed by atoms with Gasteiger partial charge in [0.25, 0.3) is 0 Å². The van der Waals surface area contributed by atoms with Gasteiger partial charge < -0.3 is 5.73 Å². The van der Waals surface area contributed by atoms with Gasteiger partial charge >= 0.3 is 0 Å². The Balaban J connectivity index is 2.33. The molecule has 0 unspecified atom stereocenters. The molecule has 0 spiro atoms. The molecule has 1 fully saturated rings. The largest absolute Gasteiger partial charge is 0.325 e. The first-order chi connectivity index (χ1) is 5.86. The van der Waals surface area contributed by atoms with Crippen molar-refractivity contribution in [2.75, 3.05) is 0 Å². The van der Waals surface area contributed by atoms with Crippen molar-refractivity contribution >= 4 is 0 Å². The van der Waals surface area contributed by atoms with Gasteiger partial charge in [0.05, 0.1) is 17.4 Å². The molecule has 1 aliphatic carbocycles. The van der Waals surface area contributed by atoms with E-state index in [4.69, 9.17) is 5.73 Å². The van der Waals surface area contributed by atoms with Crippen molar-refractivity contribution < 1.29 is 0 Å². The van der Waals surface area contributed by atoms with Crippen molar-refractivity contribution in [1.29, 1.82) is 0 Å². The number of rotatable bonds is 3. The van der Waals surface area contributed by atoms with Crippen LogP contribution in [0.15, 0.2) is 0 Å². The zero-order valence-electron chi connectivity index (χ0n) is 7.32. The second kappa shape index (κ2) is 2.86. The third-order valence-electron chi connectivity index (χ3n) is 2.29. The second-order valence-corrected chi connectivity index (χ2v) is 3.22. The molecule has 4 heteroatoms. The molecule has 1 aromatic rings. The van der Waals surface area contributed by atoms with Gasteiger partial charge in [-0.1, -0.05) is 12.1 Å². The number of aromatic nitrogens is 3. The molecule has 0 amide bonds. The van der Waals surface area contributed by atoms with E-state index >= 15 is 0 Å². The summed E-state index contributed by atoms with van der Waals surface area (Å²) in [7, 11) is 0. The van der Waals surface area contributed by atoms with Crippen molar-refractivity contribution in [3.05, 3.63) is 11.4 Å². The van der Waals surface area contributed by atoms with Gasteiger partial charge in [0, 0.05) is 6.54 Å². The van der Waals surface area contributed by atoms with E-state index in [1.165, 1.54) is 18.5 Å². The lowest BCUT2D eigenvalue weighted by Crippen LogP contribution is -2.05. The van der Waals surface area contributed by atoms with Gasteiger partial charge in [0.2, 0.25) is 0 Å². The molecule has 0 aliphatic heterocycles. The van der Waals surface area contributed by atoms with Crippen LogP contribution in [0.5, 0.6) is 0 Å². The molecule has 2 rings (SSSR count). The van der Waals surface area contributed by atoms with E-state index in [0.29, 0.717) is 12.6 Å². The van der Waals surface area contributed by atoms with E-state index in [-0.39, 0.29) is 0 Å². The minimum atomic E-state index is 0.510. The number of nitrogens with zero attached hydrogens (tertiary/aromatic N) is 3. The molecule has 4 nitrogen and oxygen atoms in total. The van der Waals surface area contributed by atoms with Crippen LogP contribution in [0.2, 0.25) is 0 Å². The summed E-state index contributed by atoms with van der Waals surface area (Å²) in [6, 6.07) is 0.618. The first-order valence-electron chi connectivity index (χ1n) is 4.49. The summed E-state index contributed by atoms with van der Waals surface area (Å²) in [4.78, 5) is 0. The maximum atomic E-state index is 5.54. The zero-order valence-corrected chi connectivity index (χ0v) is 7.32. The highest BCUT2D eigenvalue weighted by Crippen LogP contribution is 2.35. The molecule has 0 saturated heterocycles. The maximum absolute atomic E-state index is 5.54. The zero-order chi connectivity index (χ0) is 8.55. The van der Waals surface area contributed by atoms with E-state index in [2.05, 4.69) is 17.2 Å². The summed E-state index contributed by atoms with van der Waals surface area (Å²) < 4.78 is 2.04. The van der Waals surface area contributed by atoms with Crippen LogP contribution in [0.4, 0.5) is 0 Å². The van der Waals surface area contributed by atoms with Gasteiger partial charge in [-0.3, -0.25) is 0 Å². The maximum Gasteiger partial charge on any atom is 0.0994 e. The summed E-state index contributed by atoms with van der Waals surface area (Å²) in [6.45, 7) is 2.63. The Morgan fingerprint density at radius 3 is 2.83 bits per heavy atom. The summed E-state index contributed by atoms with van der Waals surface area (Å²) >= 11 is 0. The SMILES string of the molecule is CCc1c(CN)nnn1C1CC1. The molecule has 2 N–H and O–H groups in total. The Labute approximate surface area is 71.8 Å². The van der Waals surface area contributed by atoms with Crippen LogP contribution in [0.3, 0.4) is 0 Å². The highest BCUT2D eigenvalue weighted by molar-refractivity contribution is 5.11. The molecule has 1 saturated carbocycles. The monoisotopic (exact) mass is 166 g/mol. The second-order valence-electron chi connectivity index (χ2n) is 3.22. The van der Waals surface area contributed by atoms with Crippen LogP contribution in [-0.4, -0.2) is 15.0 Å². The van der Waals surface area contributed by atoms with Gasteiger partial charge in [0.1, 0.15) is 0 Å². The van der Waals surface area contributed by atoms with E-state index in [1.807, 2.05) is 4.68 Å². The van der Waals surface area contributed by atoms with Crippen molar-refractivity contribution in [3.8, 4) is 0 Å². The highest BCUT2D eigenvalue weighted by Gasteiger charge is 2.27. The van der Waals surface area contributed by atoms with Crippen molar-refractivity contribution in [2.24, 2.45) is 5.73 Å². The molecular formula is C8H14N4. The lowest BCUT2D eigenvalue weighted by atomic mass is 10.2. The molecule has 0 bridgehead atoms. The summed E-state index contributed by atoms with van der Waals surface area (Å²) in [6.07, 6.45) is 3.48. The van der Waals surface area contributed by atoms with Crippen LogP contribution in [-0.2, 0) is 13.0 Å². The fourth-order valence-corrected chi connectivity index (χ4v) is 1.48. The van der Waals surface area contributed by atoms with Crippen molar-refractivity contribution in [3.63, 3.8) is 0 Å². The quantitative estimate of drug-likeness (QED) is 0.716. The number of hydrogen-bond donors (Lipinski definition) is 1. The number of hydrogen-bond acceptors (Lipinski definition) is 3. The lowest BCUT2D eigenvalue weighted by Gasteiger charge is -2.01. The molecular weight excluding hydrogens is 152 g/mol. The van der Waals surface area contributed by atoms with Crippen LogP contribution in [0.25, 0.3) is 0 Å². The standard InChI is InChI=1S/C8H14N4/c1-2-8-7(5-9)10-11-12(8)6-3-4-6/h6H,2-5,9H2,1H3. The Hall–Kier alpha value is -0.900. The van der Waals surface area contributed by atoms with Crippen LogP contribution < -0.4 is 5.73 Å². The number of nitrogens with two attached hydrogens (primary N) is 1. The average Bonchev–Trinajstić information content (AvgIpc) is 2.85. The van der Waals surface area contributed by atoms with E-state index in [0.717, 1.165) is 12.1 Å². The third kappa shape index (κ3) is 1.12. The van der Waals surface area contributed by atoms with Crippen molar-refractivity contribution in [2.45, 2.75) is 38.8 Å². The topological polar surface area (TPSA) is 56.7 Å². The molecule has 0 atom stereocenters. The minimum absolute atomic E-state index is 0.510. The molecule has 1 aliphatic rings. The predicted molar refractivity (Wildman–Crippen MR) is 45.6 cm³/mol. The Morgan fingerprint density at radius 2 is 2.33 bits per heavy atom. The fourth-order valence-electron chi connectivity index (χ4n) is 1.48. The normalized spacial score (nSPS) is 16.8. The Morgan fingerprint density at radius 1 is 1.58 bits per heavy atom. The van der Waals surface area contributed by atoms with Gasteiger partial charge in [-0.05, 0) is 19.3 Å². The van der Waals surface area contributed by atoms with Gasteiger partial charge in [-0.25, -0.2) is 4.68 Å². The summed E-state index contributed by atoms with van der Waals surface area (Å²) in [5.74, 6) is 0. The molecule has 0 aromatic carbocycles. The molecule has 66 valence electrons.